The zero-order valence-corrected chi connectivity index (χ0v) is 20.7. The third-order valence-corrected chi connectivity index (χ3v) is 7.66. The molecule has 2 atom stereocenters. The van der Waals surface area contributed by atoms with E-state index in [9.17, 15) is 17.9 Å². The van der Waals surface area contributed by atoms with Crippen molar-refractivity contribution >= 4 is 10.0 Å². The number of sulfonamides is 1. The first kappa shape index (κ1) is 26.4. The minimum Gasteiger partial charge on any atom is -0.451 e. The molecule has 0 saturated carbocycles. The van der Waals surface area contributed by atoms with Crippen molar-refractivity contribution < 1.29 is 22.7 Å². The van der Waals surface area contributed by atoms with Crippen LogP contribution in [-0.4, -0.2) is 56.5 Å². The number of aliphatic hydroxyl groups excluding tert-OH is 1. The molecule has 1 aliphatic carbocycles. The van der Waals surface area contributed by atoms with Crippen LogP contribution in [0.3, 0.4) is 0 Å². The van der Waals surface area contributed by atoms with Crippen molar-refractivity contribution in [2.75, 3.05) is 33.8 Å². The lowest BCUT2D eigenvalue weighted by Crippen LogP contribution is -2.38. The second-order valence-electron chi connectivity index (χ2n) is 8.39. The van der Waals surface area contributed by atoms with Crippen LogP contribution in [0.2, 0.25) is 0 Å². The van der Waals surface area contributed by atoms with Gasteiger partial charge in [0.05, 0.1) is 12.3 Å². The van der Waals surface area contributed by atoms with Gasteiger partial charge < -0.3 is 14.7 Å². The Kier molecular flexibility index (Phi) is 9.73. The van der Waals surface area contributed by atoms with E-state index in [1.165, 1.54) is 26.2 Å². The van der Waals surface area contributed by atoms with Crippen molar-refractivity contribution in [2.24, 2.45) is 11.8 Å². The van der Waals surface area contributed by atoms with Crippen LogP contribution in [0.25, 0.3) is 0 Å². The Morgan fingerprint density at radius 2 is 1.69 bits per heavy atom. The van der Waals surface area contributed by atoms with E-state index < -0.39 is 21.8 Å². The minimum atomic E-state index is -3.90. The Morgan fingerprint density at radius 1 is 1.09 bits per heavy atom. The van der Waals surface area contributed by atoms with E-state index >= 15 is 0 Å². The van der Waals surface area contributed by atoms with Gasteiger partial charge in [0.25, 0.3) is 0 Å². The molecule has 2 unspecified atom stereocenters. The van der Waals surface area contributed by atoms with Gasteiger partial charge in [-0.25, -0.2) is 17.1 Å². The fraction of sp³-hybridized carbons (Fsp3) is 0.583. The van der Waals surface area contributed by atoms with Crippen LogP contribution in [0.1, 0.15) is 46.5 Å². The second-order valence-corrected chi connectivity index (χ2v) is 10.5. The highest BCUT2D eigenvalue weighted by atomic mass is 32.2. The molecule has 1 N–H and O–H groups in total. The number of rotatable bonds is 12. The van der Waals surface area contributed by atoms with E-state index in [0.717, 1.165) is 43.1 Å². The quantitative estimate of drug-likeness (QED) is 0.494. The van der Waals surface area contributed by atoms with E-state index in [0.29, 0.717) is 5.70 Å². The number of nitrogens with zero attached hydrogens (tertiary/aromatic N) is 2. The fourth-order valence-electron chi connectivity index (χ4n) is 3.78. The van der Waals surface area contributed by atoms with Gasteiger partial charge in [0.15, 0.2) is 17.3 Å². The van der Waals surface area contributed by atoms with Crippen LogP contribution in [0.5, 0.6) is 5.75 Å². The zero-order valence-electron chi connectivity index (χ0n) is 19.8. The maximum Gasteiger partial charge on any atom is 0.246 e. The average molecular weight is 469 g/mol. The lowest BCUT2D eigenvalue weighted by molar-refractivity contribution is 0.187. The predicted molar refractivity (Wildman–Crippen MR) is 126 cm³/mol. The number of allylic oxidation sites excluding steroid dienone is 1. The van der Waals surface area contributed by atoms with Crippen molar-refractivity contribution in [2.45, 2.75) is 46.5 Å². The summed E-state index contributed by atoms with van der Waals surface area (Å²) in [7, 11) is -0.999. The molecule has 0 aromatic heterocycles. The minimum absolute atomic E-state index is 0.0274. The Morgan fingerprint density at radius 3 is 2.19 bits per heavy atom. The van der Waals surface area contributed by atoms with Crippen LogP contribution in [0.4, 0.5) is 4.39 Å². The van der Waals surface area contributed by atoms with Crippen molar-refractivity contribution in [1.82, 2.24) is 9.21 Å². The van der Waals surface area contributed by atoms with Crippen molar-refractivity contribution in [3.63, 3.8) is 0 Å². The Bertz CT molecular complexity index is 920. The number of benzene rings is 1. The topological polar surface area (TPSA) is 70.1 Å². The van der Waals surface area contributed by atoms with Crippen LogP contribution >= 0.6 is 0 Å². The van der Waals surface area contributed by atoms with E-state index in [4.69, 9.17) is 4.74 Å². The predicted octanol–water partition coefficient (Wildman–Crippen LogP) is 4.35. The number of hydrogen-bond acceptors (Lipinski definition) is 5. The summed E-state index contributed by atoms with van der Waals surface area (Å²) in [5, 5.41) is 10.1. The molecule has 0 aliphatic heterocycles. The number of unbranched alkanes of at least 4 members (excludes halogenated alkanes) is 2. The lowest BCUT2D eigenvalue weighted by Gasteiger charge is -2.38. The average Bonchev–Trinajstić information content (AvgIpc) is 2.76. The standard InChI is InChI=1S/C24H37FN2O4S/c1-6-8-14-27(15-9-7-2)23-18(3)19(17-28)16-22(32(29,30)26(4)5)24(23)31-21-13-11-10-12-20(21)25/h10-13,16,18-19,28H,6-9,14-15,17H2,1-5H3. The lowest BCUT2D eigenvalue weighted by atomic mass is 9.85. The molecule has 32 heavy (non-hydrogen) atoms. The molecule has 0 spiro atoms. The first-order chi connectivity index (χ1) is 15.2. The third-order valence-electron chi connectivity index (χ3n) is 5.82. The smallest absolute Gasteiger partial charge is 0.246 e. The highest BCUT2D eigenvalue weighted by molar-refractivity contribution is 7.93. The normalized spacial score (nSPS) is 19.3. The van der Waals surface area contributed by atoms with Crippen molar-refractivity contribution in [3.05, 3.63) is 52.5 Å². The van der Waals surface area contributed by atoms with Crippen LogP contribution in [0, 0.1) is 17.7 Å². The molecule has 6 nitrogen and oxygen atoms in total. The number of ether oxygens (including phenoxy) is 1. The van der Waals surface area contributed by atoms with Gasteiger partial charge in [-0.2, -0.15) is 0 Å². The number of halogens is 1. The van der Waals surface area contributed by atoms with Gasteiger partial charge in [0, 0.05) is 39.0 Å². The van der Waals surface area contributed by atoms with Crippen LogP contribution in [0.15, 0.2) is 46.7 Å². The molecule has 0 saturated heterocycles. The molecule has 1 aromatic carbocycles. The first-order valence-electron chi connectivity index (χ1n) is 11.4. The molecule has 1 aliphatic rings. The SMILES string of the molecule is CCCCN(CCCC)C1=C(Oc2ccccc2F)C(S(=O)(=O)N(C)C)=CC(CO)C1C. The van der Waals surface area contributed by atoms with Gasteiger partial charge in [0.2, 0.25) is 10.0 Å². The van der Waals surface area contributed by atoms with E-state index in [-0.39, 0.29) is 28.9 Å². The summed E-state index contributed by atoms with van der Waals surface area (Å²) in [6, 6.07) is 5.99. The molecule has 0 fully saturated rings. The maximum atomic E-state index is 14.5. The van der Waals surface area contributed by atoms with E-state index in [2.05, 4.69) is 18.7 Å². The summed E-state index contributed by atoms with van der Waals surface area (Å²) in [4.78, 5) is 2.13. The molecule has 2 rings (SSSR count). The fourth-order valence-corrected chi connectivity index (χ4v) is 4.90. The zero-order chi connectivity index (χ0) is 23.9. The molecular formula is C24H37FN2O4S. The van der Waals surface area contributed by atoms with Gasteiger partial charge in [0.1, 0.15) is 4.91 Å². The summed E-state index contributed by atoms with van der Waals surface area (Å²) < 4.78 is 48.3. The largest absolute Gasteiger partial charge is 0.451 e. The van der Waals surface area contributed by atoms with Crippen molar-refractivity contribution in [1.29, 1.82) is 0 Å². The maximum absolute atomic E-state index is 14.5. The summed E-state index contributed by atoms with van der Waals surface area (Å²) in [5.74, 6) is -1.04. The summed E-state index contributed by atoms with van der Waals surface area (Å²) in [6.45, 7) is 7.43. The van der Waals surface area contributed by atoms with Crippen molar-refractivity contribution in [3.8, 4) is 5.75 Å². The Labute approximate surface area is 192 Å². The van der Waals surface area contributed by atoms with Gasteiger partial charge in [-0.1, -0.05) is 51.8 Å². The van der Waals surface area contributed by atoms with E-state index in [1.807, 2.05) is 6.92 Å². The van der Waals surface area contributed by atoms with Gasteiger partial charge in [-0.05, 0) is 25.0 Å². The molecule has 1 aromatic rings. The molecule has 180 valence electrons. The van der Waals surface area contributed by atoms with Gasteiger partial charge in [-0.3, -0.25) is 0 Å². The highest BCUT2D eigenvalue weighted by Gasteiger charge is 2.39. The monoisotopic (exact) mass is 468 g/mol. The molecule has 0 bridgehead atoms. The summed E-state index contributed by atoms with van der Waals surface area (Å²) in [6.07, 6.45) is 5.37. The first-order valence-corrected chi connectivity index (χ1v) is 12.8. The number of aliphatic hydroxyl groups is 1. The van der Waals surface area contributed by atoms with Gasteiger partial charge in [-0.15, -0.1) is 0 Å². The number of para-hydroxylation sites is 1. The molecule has 0 amide bonds. The molecular weight excluding hydrogens is 431 g/mol. The van der Waals surface area contributed by atoms with Gasteiger partial charge >= 0.3 is 0 Å². The molecule has 0 radical (unpaired) electrons. The molecule has 0 heterocycles. The number of hydrogen-bond donors (Lipinski definition) is 1. The van der Waals surface area contributed by atoms with E-state index in [1.54, 1.807) is 18.2 Å². The summed E-state index contributed by atoms with van der Waals surface area (Å²) in [5.41, 5.74) is 0.706. The Balaban J connectivity index is 2.76. The highest BCUT2D eigenvalue weighted by Crippen LogP contribution is 2.40. The van der Waals surface area contributed by atoms with Crippen LogP contribution < -0.4 is 4.74 Å². The van der Waals surface area contributed by atoms with Crippen LogP contribution in [-0.2, 0) is 10.0 Å². The second kappa shape index (κ2) is 11.8. The summed E-state index contributed by atoms with van der Waals surface area (Å²) >= 11 is 0. The Hall–Kier alpha value is -1.90. The molecule has 8 heteroatoms. The third kappa shape index (κ3) is 5.91.